The van der Waals surface area contributed by atoms with Crippen LogP contribution in [0, 0.1) is 0 Å². The number of fused-ring (bicyclic) bond motifs is 2. The highest BCUT2D eigenvalue weighted by Gasteiger charge is 2.19. The van der Waals surface area contributed by atoms with E-state index in [9.17, 15) is 9.59 Å². The number of hydrogen-bond acceptors (Lipinski definition) is 6. The molecule has 0 saturated carbocycles. The van der Waals surface area contributed by atoms with E-state index in [-0.39, 0.29) is 11.3 Å². The molecule has 0 saturated heterocycles. The number of carbonyl (C=O) groups excluding carboxylic acids is 1. The van der Waals surface area contributed by atoms with Gasteiger partial charge in [0.05, 0.1) is 5.56 Å². The van der Waals surface area contributed by atoms with E-state index in [0.717, 1.165) is 5.39 Å². The van der Waals surface area contributed by atoms with Crippen LogP contribution in [-0.4, -0.2) is 20.9 Å². The maximum absolute atomic E-state index is 12.2. The number of hydrogen-bond donors (Lipinski definition) is 0. The second-order valence-corrected chi connectivity index (χ2v) is 5.19. The minimum Gasteiger partial charge on any atom is -0.422 e. The van der Waals surface area contributed by atoms with E-state index in [1.54, 1.807) is 23.7 Å². The molecule has 4 aromatic rings. The maximum Gasteiger partial charge on any atom is 0.345 e. The van der Waals surface area contributed by atoms with Crippen LogP contribution in [0.3, 0.4) is 0 Å². The van der Waals surface area contributed by atoms with Gasteiger partial charge in [-0.2, -0.15) is 9.61 Å². The Labute approximate surface area is 121 Å². The Kier molecular flexibility index (Phi) is 2.48. The van der Waals surface area contributed by atoms with Crippen LogP contribution in [0.1, 0.15) is 10.5 Å². The van der Waals surface area contributed by atoms with E-state index >= 15 is 0 Å². The molecule has 1 aromatic carbocycles. The molecule has 0 fully saturated rings. The van der Waals surface area contributed by atoms with Crippen molar-refractivity contribution in [2.45, 2.75) is 0 Å². The van der Waals surface area contributed by atoms with Gasteiger partial charge in [-0.1, -0.05) is 29.5 Å². The predicted molar refractivity (Wildman–Crippen MR) is 77.7 cm³/mol. The van der Waals surface area contributed by atoms with Crippen LogP contribution in [0.5, 0.6) is 0 Å². The summed E-state index contributed by atoms with van der Waals surface area (Å²) in [6.07, 6.45) is 0.643. The lowest BCUT2D eigenvalue weighted by atomic mass is 10.1. The second kappa shape index (κ2) is 4.35. The lowest BCUT2D eigenvalue weighted by molar-refractivity contribution is 0.111. The molecule has 0 unspecified atom stereocenters. The molecule has 0 spiro atoms. The topological polar surface area (TPSA) is 77.5 Å². The first-order valence-electron chi connectivity index (χ1n) is 6.08. The summed E-state index contributed by atoms with van der Waals surface area (Å²) in [5.74, 6) is 0. The summed E-state index contributed by atoms with van der Waals surface area (Å²) in [6.45, 7) is 0. The fourth-order valence-corrected chi connectivity index (χ4v) is 2.87. The van der Waals surface area contributed by atoms with Gasteiger partial charge in [-0.15, -0.1) is 0 Å². The molecule has 6 nitrogen and oxygen atoms in total. The molecular formula is C14H7N3O3S. The van der Waals surface area contributed by atoms with Gasteiger partial charge in [0.1, 0.15) is 22.5 Å². The monoisotopic (exact) mass is 297 g/mol. The van der Waals surface area contributed by atoms with Crippen LogP contribution < -0.4 is 5.63 Å². The smallest absolute Gasteiger partial charge is 0.345 e. The van der Waals surface area contributed by atoms with Gasteiger partial charge in [0, 0.05) is 5.39 Å². The van der Waals surface area contributed by atoms with Gasteiger partial charge in [0.25, 0.3) is 0 Å². The van der Waals surface area contributed by atoms with Crippen LogP contribution in [0.2, 0.25) is 0 Å². The zero-order valence-corrected chi connectivity index (χ0v) is 11.3. The predicted octanol–water partition coefficient (Wildman–Crippen LogP) is 2.38. The molecule has 0 N–H and O–H groups in total. The normalized spacial score (nSPS) is 11.2. The highest BCUT2D eigenvalue weighted by atomic mass is 32.1. The van der Waals surface area contributed by atoms with E-state index in [0.29, 0.717) is 22.5 Å². The van der Waals surface area contributed by atoms with Gasteiger partial charge in [0.2, 0.25) is 4.96 Å². The van der Waals surface area contributed by atoms with E-state index in [2.05, 4.69) is 10.1 Å². The molecule has 3 aromatic heterocycles. The molecule has 3 heterocycles. The zero-order valence-electron chi connectivity index (χ0n) is 10.5. The highest BCUT2D eigenvalue weighted by Crippen LogP contribution is 2.24. The van der Waals surface area contributed by atoms with E-state index in [1.807, 2.05) is 12.1 Å². The number of para-hydroxylation sites is 1. The number of benzene rings is 1. The summed E-state index contributed by atoms with van der Waals surface area (Å²) in [5, 5.41) is 4.81. The Hall–Kier alpha value is -2.80. The Morgan fingerprint density at radius 2 is 2.14 bits per heavy atom. The van der Waals surface area contributed by atoms with E-state index < -0.39 is 5.63 Å². The molecule has 4 rings (SSSR count). The van der Waals surface area contributed by atoms with Gasteiger partial charge in [0.15, 0.2) is 6.29 Å². The third kappa shape index (κ3) is 1.71. The number of aldehydes is 1. The number of nitrogens with zero attached hydrogens (tertiary/aromatic N) is 3. The summed E-state index contributed by atoms with van der Waals surface area (Å²) in [6, 6.07) is 8.87. The SMILES string of the molecule is O=Cc1c(-c2cc3ccccc3oc2=O)nc2scnn12. The molecule has 7 heteroatoms. The summed E-state index contributed by atoms with van der Waals surface area (Å²) in [7, 11) is 0. The number of carbonyl (C=O) groups is 1. The number of aromatic nitrogens is 3. The van der Waals surface area contributed by atoms with Gasteiger partial charge in [-0.25, -0.2) is 9.78 Å². The Balaban J connectivity index is 2.08. The molecule has 0 aliphatic rings. The Bertz CT molecular complexity index is 1040. The minimum atomic E-state index is -0.525. The van der Waals surface area contributed by atoms with Crippen molar-refractivity contribution in [3.8, 4) is 11.3 Å². The third-order valence-corrected chi connectivity index (χ3v) is 3.86. The lowest BCUT2D eigenvalue weighted by Gasteiger charge is -2.00. The van der Waals surface area contributed by atoms with Crippen LogP contribution in [-0.2, 0) is 0 Å². The molecule has 0 atom stereocenters. The second-order valence-electron chi connectivity index (χ2n) is 4.38. The fourth-order valence-electron chi connectivity index (χ4n) is 2.24. The van der Waals surface area contributed by atoms with Crippen LogP contribution >= 0.6 is 11.3 Å². The highest BCUT2D eigenvalue weighted by molar-refractivity contribution is 7.14. The fraction of sp³-hybridized carbons (Fsp3) is 0. The van der Waals surface area contributed by atoms with Crippen LogP contribution in [0.4, 0.5) is 0 Å². The van der Waals surface area contributed by atoms with Crippen molar-refractivity contribution in [1.82, 2.24) is 14.6 Å². The van der Waals surface area contributed by atoms with Crippen molar-refractivity contribution >= 4 is 33.6 Å². The first-order valence-corrected chi connectivity index (χ1v) is 6.96. The van der Waals surface area contributed by atoms with E-state index in [1.165, 1.54) is 15.9 Å². The van der Waals surface area contributed by atoms with E-state index in [4.69, 9.17) is 4.42 Å². The standard InChI is InChI=1S/C14H7N3O3S/c18-6-10-12(16-14-17(10)15-7-21-14)9-5-8-3-1-2-4-11(8)20-13(9)19/h1-7H. The van der Waals surface area contributed by atoms with Crippen molar-refractivity contribution in [3.63, 3.8) is 0 Å². The summed E-state index contributed by atoms with van der Waals surface area (Å²) >= 11 is 1.29. The average Bonchev–Trinajstić information content (AvgIpc) is 3.06. The van der Waals surface area contributed by atoms with Crippen LogP contribution in [0.15, 0.2) is 45.1 Å². The minimum absolute atomic E-state index is 0.244. The zero-order chi connectivity index (χ0) is 14.4. The molecule has 0 amide bonds. The largest absolute Gasteiger partial charge is 0.422 e. The maximum atomic E-state index is 12.2. The molecule has 0 aliphatic carbocycles. The molecule has 0 aliphatic heterocycles. The van der Waals surface area contributed by atoms with Crippen molar-refractivity contribution in [2.24, 2.45) is 0 Å². The lowest BCUT2D eigenvalue weighted by Crippen LogP contribution is -2.05. The van der Waals surface area contributed by atoms with Gasteiger partial charge in [-0.05, 0) is 12.1 Å². The summed E-state index contributed by atoms with van der Waals surface area (Å²) < 4.78 is 6.70. The molecular weight excluding hydrogens is 290 g/mol. The van der Waals surface area contributed by atoms with Gasteiger partial charge < -0.3 is 4.42 Å². The number of imidazole rings is 1. The average molecular weight is 297 g/mol. The Morgan fingerprint density at radius 3 is 3.00 bits per heavy atom. The van der Waals surface area contributed by atoms with Crippen molar-refractivity contribution < 1.29 is 9.21 Å². The molecule has 21 heavy (non-hydrogen) atoms. The molecule has 0 bridgehead atoms. The van der Waals surface area contributed by atoms with Crippen LogP contribution in [0.25, 0.3) is 27.2 Å². The number of rotatable bonds is 2. The first-order chi connectivity index (χ1) is 10.3. The molecule has 0 radical (unpaired) electrons. The van der Waals surface area contributed by atoms with Gasteiger partial charge in [-0.3, -0.25) is 4.79 Å². The quantitative estimate of drug-likeness (QED) is 0.419. The summed E-state index contributed by atoms with van der Waals surface area (Å²) in [4.78, 5) is 28.3. The molecule has 102 valence electrons. The van der Waals surface area contributed by atoms with Crippen molar-refractivity contribution in [2.75, 3.05) is 0 Å². The Morgan fingerprint density at radius 1 is 1.29 bits per heavy atom. The van der Waals surface area contributed by atoms with Crippen molar-refractivity contribution in [3.05, 3.63) is 52.0 Å². The van der Waals surface area contributed by atoms with Crippen molar-refractivity contribution in [1.29, 1.82) is 0 Å². The first kappa shape index (κ1) is 12.0. The third-order valence-electron chi connectivity index (χ3n) is 3.19. The summed E-state index contributed by atoms with van der Waals surface area (Å²) in [5.41, 5.74) is 2.36. The van der Waals surface area contributed by atoms with Gasteiger partial charge >= 0.3 is 5.63 Å².